The summed E-state index contributed by atoms with van der Waals surface area (Å²) in [6.45, 7) is 5.89. The van der Waals surface area contributed by atoms with Crippen molar-refractivity contribution in [2.24, 2.45) is 0 Å². The van der Waals surface area contributed by atoms with Gasteiger partial charge < -0.3 is 31.1 Å². The van der Waals surface area contributed by atoms with Gasteiger partial charge in [0.15, 0.2) is 0 Å². The molecule has 1 aliphatic heterocycles. The van der Waals surface area contributed by atoms with E-state index in [0.29, 0.717) is 13.2 Å². The van der Waals surface area contributed by atoms with E-state index in [1.165, 1.54) is 12.4 Å². The van der Waals surface area contributed by atoms with Crippen LogP contribution in [0.15, 0.2) is 42.7 Å². The molecule has 4 N–H and O–H groups in total. The molecule has 7 nitrogen and oxygen atoms in total. The summed E-state index contributed by atoms with van der Waals surface area (Å²) in [5, 5.41) is 21.9. The number of hydrogen-bond donors (Lipinski definition) is 4. The topological polar surface area (TPSA) is 97.1 Å². The van der Waals surface area contributed by atoms with Crippen molar-refractivity contribution in [3.63, 3.8) is 0 Å². The molecule has 0 bridgehead atoms. The summed E-state index contributed by atoms with van der Waals surface area (Å²) < 4.78 is 5.41. The summed E-state index contributed by atoms with van der Waals surface area (Å²) in [5.41, 5.74) is 4.19. The summed E-state index contributed by atoms with van der Waals surface area (Å²) in [4.78, 5) is 6.68. The van der Waals surface area contributed by atoms with E-state index in [-0.39, 0.29) is 0 Å². The summed E-state index contributed by atoms with van der Waals surface area (Å²) in [5.74, 6) is 0.910. The number of nitrogens with zero attached hydrogens (tertiary/aromatic N) is 2. The molecule has 1 aromatic heterocycles. The Labute approximate surface area is 165 Å². The average molecular weight is 378 g/mol. The van der Waals surface area contributed by atoms with Crippen LogP contribution in [0.3, 0.4) is 0 Å². The van der Waals surface area contributed by atoms with E-state index in [4.69, 9.17) is 15.6 Å². The lowest BCUT2D eigenvalue weighted by Crippen LogP contribution is -2.36. The largest absolute Gasteiger partial charge is 0.391 e. The normalized spacial score (nSPS) is 14.5. The average Bonchev–Trinajstić information content (AvgIpc) is 2.75. The molecule has 1 saturated heterocycles. The van der Waals surface area contributed by atoms with E-state index in [1.54, 1.807) is 6.20 Å². The lowest BCUT2D eigenvalue weighted by molar-refractivity contribution is 0.122. The first-order chi connectivity index (χ1) is 13.7. The zero-order valence-electron chi connectivity index (χ0n) is 16.0. The van der Waals surface area contributed by atoms with E-state index in [2.05, 4.69) is 20.5 Å². The van der Waals surface area contributed by atoms with Gasteiger partial charge in [-0.3, -0.25) is 0 Å². The molecule has 146 valence electrons. The highest BCUT2D eigenvalue weighted by atomic mass is 16.5. The molecular weight excluding hydrogens is 352 g/mol. The van der Waals surface area contributed by atoms with Gasteiger partial charge in [-0.05, 0) is 24.6 Å². The highest BCUT2D eigenvalue weighted by Crippen LogP contribution is 2.26. The smallest absolute Gasteiger partial charge is 0.130 e. The molecule has 2 heterocycles. The number of benzene rings is 1. The number of pyridine rings is 1. The molecule has 0 atom stereocenters. The van der Waals surface area contributed by atoms with Crippen LogP contribution < -0.4 is 15.5 Å². The van der Waals surface area contributed by atoms with Gasteiger partial charge in [0.05, 0.1) is 13.2 Å². The molecule has 3 rings (SSSR count). The molecule has 1 aliphatic rings. The van der Waals surface area contributed by atoms with Gasteiger partial charge in [0.25, 0.3) is 0 Å². The summed E-state index contributed by atoms with van der Waals surface area (Å²) in [6.07, 6.45) is 6.28. The third kappa shape index (κ3) is 4.75. The number of ether oxygens (including phenoxy) is 1. The predicted molar refractivity (Wildman–Crippen MR) is 115 cm³/mol. The van der Waals surface area contributed by atoms with Gasteiger partial charge in [-0.2, -0.15) is 0 Å². The zero-order valence-corrected chi connectivity index (χ0v) is 16.0. The molecule has 0 spiro atoms. The Morgan fingerprint density at radius 3 is 2.75 bits per heavy atom. The van der Waals surface area contributed by atoms with Gasteiger partial charge in [0, 0.05) is 73.0 Å². The van der Waals surface area contributed by atoms with Crippen molar-refractivity contribution in [2.75, 3.05) is 43.1 Å². The second-order valence-corrected chi connectivity index (χ2v) is 6.38. The molecule has 2 aromatic rings. The molecule has 7 heteroatoms. The molecule has 0 saturated carbocycles. The number of anilines is 3. The monoisotopic (exact) mass is 378 g/mol. The summed E-state index contributed by atoms with van der Waals surface area (Å²) >= 11 is 0. The molecule has 0 radical (unpaired) electrons. The highest BCUT2D eigenvalue weighted by Gasteiger charge is 2.13. The van der Waals surface area contributed by atoms with Gasteiger partial charge in [0.1, 0.15) is 5.82 Å². The van der Waals surface area contributed by atoms with Crippen molar-refractivity contribution in [3.05, 3.63) is 53.9 Å². The van der Waals surface area contributed by atoms with Gasteiger partial charge in [-0.15, -0.1) is 0 Å². The first-order valence-corrected chi connectivity index (χ1v) is 9.40. The highest BCUT2D eigenvalue weighted by molar-refractivity contribution is 6.09. The maximum atomic E-state index is 7.72. The molecule has 0 unspecified atom stereocenters. The number of nitrogens with one attached hydrogen (secondary N) is 4. The predicted octanol–water partition coefficient (Wildman–Crippen LogP) is 3.26. The van der Waals surface area contributed by atoms with Gasteiger partial charge in [-0.25, -0.2) is 4.98 Å². The van der Waals surface area contributed by atoms with Crippen LogP contribution in [0.5, 0.6) is 0 Å². The second-order valence-electron chi connectivity index (χ2n) is 6.38. The van der Waals surface area contributed by atoms with Crippen molar-refractivity contribution in [1.29, 1.82) is 10.8 Å². The van der Waals surface area contributed by atoms with Crippen molar-refractivity contribution in [3.8, 4) is 0 Å². The van der Waals surface area contributed by atoms with E-state index < -0.39 is 0 Å². The van der Waals surface area contributed by atoms with E-state index in [9.17, 15) is 0 Å². The van der Waals surface area contributed by atoms with Crippen LogP contribution in [0.2, 0.25) is 0 Å². The van der Waals surface area contributed by atoms with Crippen LogP contribution in [0, 0.1) is 10.8 Å². The minimum absolute atomic E-state index is 0.712. The maximum Gasteiger partial charge on any atom is 0.130 e. The Morgan fingerprint density at radius 2 is 2.04 bits per heavy atom. The summed E-state index contributed by atoms with van der Waals surface area (Å²) in [6, 6.07) is 9.70. The quantitative estimate of drug-likeness (QED) is 0.529. The number of hydrogen-bond acceptors (Lipinski definition) is 7. The van der Waals surface area contributed by atoms with Crippen LogP contribution in [0.25, 0.3) is 5.57 Å². The fraction of sp³-hybridized carbons (Fsp3) is 0.286. The van der Waals surface area contributed by atoms with E-state index in [0.717, 1.165) is 53.5 Å². The van der Waals surface area contributed by atoms with Crippen LogP contribution in [-0.4, -0.2) is 50.3 Å². The van der Waals surface area contributed by atoms with Crippen LogP contribution in [0.1, 0.15) is 18.1 Å². The summed E-state index contributed by atoms with van der Waals surface area (Å²) in [7, 11) is 0. The van der Waals surface area contributed by atoms with E-state index in [1.807, 2.05) is 43.5 Å². The van der Waals surface area contributed by atoms with Gasteiger partial charge in [0.2, 0.25) is 0 Å². The Kier molecular flexibility index (Phi) is 6.75. The lowest BCUT2D eigenvalue weighted by Gasteiger charge is -2.28. The standard InChI is InChI=1S/C21H26N6O/c1-2-24-15-18(14-23)16-3-4-17(13-22)20(11-16)26-19-5-6-25-21(12-19)27-7-9-28-10-8-27/h3-6,11-15,22-24H,2,7-10H2,1H3,(H,25,26)/b18-15+,22-13?,23-14?. The minimum Gasteiger partial charge on any atom is -0.391 e. The van der Waals surface area contributed by atoms with Crippen molar-refractivity contribution in [2.45, 2.75) is 6.92 Å². The van der Waals surface area contributed by atoms with Crippen molar-refractivity contribution >= 4 is 35.2 Å². The first kappa shape index (κ1) is 19.6. The van der Waals surface area contributed by atoms with Crippen molar-refractivity contribution < 1.29 is 4.74 Å². The molecule has 1 aromatic carbocycles. The van der Waals surface area contributed by atoms with Gasteiger partial charge in [-0.1, -0.05) is 12.1 Å². The van der Waals surface area contributed by atoms with Gasteiger partial charge >= 0.3 is 0 Å². The fourth-order valence-corrected chi connectivity index (χ4v) is 3.01. The van der Waals surface area contributed by atoms with E-state index >= 15 is 0 Å². The zero-order chi connectivity index (χ0) is 19.8. The minimum atomic E-state index is 0.712. The third-order valence-corrected chi connectivity index (χ3v) is 4.52. The number of morpholine rings is 1. The van der Waals surface area contributed by atoms with Crippen LogP contribution in [0.4, 0.5) is 17.2 Å². The first-order valence-electron chi connectivity index (χ1n) is 9.40. The maximum absolute atomic E-state index is 7.72. The second kappa shape index (κ2) is 9.66. The third-order valence-electron chi connectivity index (χ3n) is 4.52. The number of aromatic nitrogens is 1. The SMILES string of the molecule is CCN/C=C(\C=N)c1ccc(C=N)c(Nc2ccnc(N3CCOCC3)c2)c1. The Bertz CT molecular complexity index is 858. The van der Waals surface area contributed by atoms with Crippen molar-refractivity contribution in [1.82, 2.24) is 10.3 Å². The van der Waals surface area contributed by atoms with Crippen LogP contribution in [-0.2, 0) is 4.74 Å². The number of allylic oxidation sites excluding steroid dienone is 1. The molecule has 0 aliphatic carbocycles. The van der Waals surface area contributed by atoms with Crippen LogP contribution >= 0.6 is 0 Å². The Balaban J connectivity index is 1.87. The molecule has 28 heavy (non-hydrogen) atoms. The molecular formula is C21H26N6O. The fourth-order valence-electron chi connectivity index (χ4n) is 3.01. The Morgan fingerprint density at radius 1 is 1.21 bits per heavy atom. The number of rotatable bonds is 8. The molecule has 0 amide bonds. The molecule has 1 fully saturated rings. The lowest BCUT2D eigenvalue weighted by atomic mass is 10.0. The Hall–Kier alpha value is -3.19.